The van der Waals surface area contributed by atoms with Gasteiger partial charge in [0.2, 0.25) is 27.7 Å². The van der Waals surface area contributed by atoms with E-state index < -0.39 is 74.3 Å². The molecule has 15 nitrogen and oxygen atoms in total. The van der Waals surface area contributed by atoms with Crippen LogP contribution in [-0.2, 0) is 29.2 Å². The molecule has 296 valence electrons. The standard InChI is InChI=1S/C39H49N5O10S/c1-6-25-21-39(25,36(48)42-55(51,52)29-13-14-29)41-33(46)32-20-28(54-34-30-15-12-27(53-5)19-24(30)17-18-40-34)22-43(32)35(47)31(44(37(49)50)38(2,3)4)16-11-26(45)10-9-23-7-8-23/h6,9-10,12,15,17-19,23,25,28-29,31-32H,1,7-8,11,13-14,16,20-22H2,2-5H3,(H,41,46)(H,42,48)(H,49,50)/t25-,28-,31+,32+,39-/m1/s1. The number of benzene rings is 1. The molecule has 4 fully saturated rings. The second-order valence-corrected chi connectivity index (χ2v) is 17.9. The number of rotatable bonds is 16. The minimum atomic E-state index is -3.95. The van der Waals surface area contributed by atoms with Crippen molar-refractivity contribution in [1.29, 1.82) is 0 Å². The van der Waals surface area contributed by atoms with Gasteiger partial charge < -0.3 is 24.8 Å². The lowest BCUT2D eigenvalue weighted by atomic mass is 9.98. The van der Waals surface area contributed by atoms with Gasteiger partial charge in [-0.2, -0.15) is 0 Å². The maximum absolute atomic E-state index is 14.8. The van der Waals surface area contributed by atoms with E-state index in [1.165, 1.54) is 17.1 Å². The Morgan fingerprint density at radius 2 is 1.87 bits per heavy atom. The summed E-state index contributed by atoms with van der Waals surface area (Å²) in [6.07, 6.45) is 6.74. The molecule has 3 aliphatic carbocycles. The Labute approximate surface area is 320 Å². The zero-order chi connectivity index (χ0) is 39.9. The Kier molecular flexibility index (Phi) is 11.0. The van der Waals surface area contributed by atoms with Crippen LogP contribution >= 0.6 is 0 Å². The largest absolute Gasteiger partial charge is 0.497 e. The van der Waals surface area contributed by atoms with Crippen molar-refractivity contribution in [2.75, 3.05) is 13.7 Å². The van der Waals surface area contributed by atoms with Crippen LogP contribution in [0.3, 0.4) is 0 Å². The van der Waals surface area contributed by atoms with E-state index in [1.54, 1.807) is 52.3 Å². The third-order valence-electron chi connectivity index (χ3n) is 10.7. The quantitative estimate of drug-likeness (QED) is 0.166. The minimum Gasteiger partial charge on any atom is -0.497 e. The fourth-order valence-corrected chi connectivity index (χ4v) is 8.60. The lowest BCUT2D eigenvalue weighted by molar-refractivity contribution is -0.144. The Morgan fingerprint density at radius 3 is 2.47 bits per heavy atom. The van der Waals surface area contributed by atoms with Gasteiger partial charge in [0.25, 0.3) is 5.91 Å². The van der Waals surface area contributed by atoms with Crippen LogP contribution in [0.5, 0.6) is 11.6 Å². The van der Waals surface area contributed by atoms with E-state index in [2.05, 4.69) is 21.6 Å². The van der Waals surface area contributed by atoms with E-state index in [0.29, 0.717) is 29.9 Å². The SMILES string of the molecule is C=C[C@@H]1C[C@]1(NC(=O)[C@@H]1C[C@@H](Oc2nccc3cc(OC)ccc23)CN1C(=O)[C@H](CCC(=O)C=CC1CC1)N(C(=O)O)C(C)(C)C)C(=O)NS(=O)(=O)C1CC1. The highest BCUT2D eigenvalue weighted by molar-refractivity contribution is 7.91. The number of likely N-dealkylation sites (tertiary alicyclic amines) is 1. The molecule has 1 aromatic carbocycles. The third-order valence-corrected chi connectivity index (χ3v) is 12.5. The summed E-state index contributed by atoms with van der Waals surface area (Å²) >= 11 is 0. The van der Waals surface area contributed by atoms with Crippen LogP contribution in [-0.4, -0.2) is 106 Å². The number of ketones is 1. The minimum absolute atomic E-state index is 0.0685. The molecule has 0 spiro atoms. The number of allylic oxidation sites excluding steroid dienone is 2. The molecule has 4 aliphatic rings. The molecule has 1 aromatic heterocycles. The first-order chi connectivity index (χ1) is 26.0. The first-order valence-corrected chi connectivity index (χ1v) is 20.2. The maximum Gasteiger partial charge on any atom is 0.408 e. The summed E-state index contributed by atoms with van der Waals surface area (Å²) in [6.45, 7) is 8.51. The van der Waals surface area contributed by atoms with Gasteiger partial charge in [-0.15, -0.1) is 6.58 Å². The molecule has 1 saturated heterocycles. The number of ether oxygens (including phenoxy) is 2. The van der Waals surface area contributed by atoms with Crippen molar-refractivity contribution in [3.63, 3.8) is 0 Å². The number of carboxylic acid groups (broad SMARTS) is 1. The zero-order valence-electron chi connectivity index (χ0n) is 31.5. The van der Waals surface area contributed by atoms with E-state index in [4.69, 9.17) is 9.47 Å². The van der Waals surface area contributed by atoms with Crippen molar-refractivity contribution in [3.05, 3.63) is 55.3 Å². The van der Waals surface area contributed by atoms with Gasteiger partial charge in [0.1, 0.15) is 29.5 Å². The number of carbonyl (C=O) groups excluding carboxylic acids is 4. The predicted molar refractivity (Wildman–Crippen MR) is 202 cm³/mol. The molecular formula is C39H49N5O10S. The van der Waals surface area contributed by atoms with Gasteiger partial charge in [0.05, 0.1) is 18.9 Å². The predicted octanol–water partition coefficient (Wildman–Crippen LogP) is 3.72. The normalized spacial score (nSPS) is 24.2. The summed E-state index contributed by atoms with van der Waals surface area (Å²) in [6, 6.07) is 4.48. The third kappa shape index (κ3) is 8.79. The first-order valence-electron chi connectivity index (χ1n) is 18.6. The molecule has 0 unspecified atom stereocenters. The molecule has 4 amide bonds. The molecule has 1 aliphatic heterocycles. The molecule has 3 saturated carbocycles. The molecular weight excluding hydrogens is 731 g/mol. The Hall–Kier alpha value is -4.99. The highest BCUT2D eigenvalue weighted by Crippen LogP contribution is 2.45. The van der Waals surface area contributed by atoms with Crippen molar-refractivity contribution < 1.29 is 47.0 Å². The summed E-state index contributed by atoms with van der Waals surface area (Å²) in [7, 11) is -2.40. The summed E-state index contributed by atoms with van der Waals surface area (Å²) in [5.41, 5.74) is -2.70. The molecule has 2 aromatic rings. The molecule has 5 atom stereocenters. The number of carbonyl (C=O) groups is 5. The summed E-state index contributed by atoms with van der Waals surface area (Å²) in [5, 5.41) is 13.9. The van der Waals surface area contributed by atoms with Gasteiger partial charge in [0, 0.05) is 35.9 Å². The van der Waals surface area contributed by atoms with Crippen LogP contribution in [0.1, 0.15) is 72.1 Å². The van der Waals surface area contributed by atoms with E-state index >= 15 is 0 Å². The van der Waals surface area contributed by atoms with Crippen molar-refractivity contribution in [2.24, 2.45) is 11.8 Å². The molecule has 0 bridgehead atoms. The van der Waals surface area contributed by atoms with E-state index in [-0.39, 0.29) is 43.9 Å². The van der Waals surface area contributed by atoms with E-state index in [9.17, 15) is 37.5 Å². The van der Waals surface area contributed by atoms with E-state index in [1.807, 2.05) is 12.1 Å². The summed E-state index contributed by atoms with van der Waals surface area (Å²) in [5.74, 6) is -1.99. The Balaban J connectivity index is 1.31. The molecule has 2 heterocycles. The molecule has 16 heteroatoms. The van der Waals surface area contributed by atoms with Crippen LogP contribution in [0.25, 0.3) is 10.8 Å². The monoisotopic (exact) mass is 779 g/mol. The van der Waals surface area contributed by atoms with Gasteiger partial charge in [-0.05, 0) is 101 Å². The van der Waals surface area contributed by atoms with Gasteiger partial charge >= 0.3 is 6.09 Å². The fourth-order valence-electron chi connectivity index (χ4n) is 7.24. The van der Waals surface area contributed by atoms with Crippen LogP contribution < -0.4 is 19.5 Å². The van der Waals surface area contributed by atoms with Crippen molar-refractivity contribution in [3.8, 4) is 11.6 Å². The number of hydrogen-bond acceptors (Lipinski definition) is 10. The second-order valence-electron chi connectivity index (χ2n) is 15.9. The van der Waals surface area contributed by atoms with Gasteiger partial charge in [-0.1, -0.05) is 12.2 Å². The average Bonchev–Trinajstić information content (AvgIpc) is 4.02. The number of amides is 4. The molecule has 3 N–H and O–H groups in total. The fraction of sp³-hybridized carbons (Fsp3) is 0.538. The Bertz CT molecular complexity index is 2020. The molecule has 55 heavy (non-hydrogen) atoms. The molecule has 6 rings (SSSR count). The van der Waals surface area contributed by atoms with Gasteiger partial charge in [-0.25, -0.2) is 18.2 Å². The number of fused-ring (bicyclic) bond motifs is 1. The van der Waals surface area contributed by atoms with E-state index in [0.717, 1.165) is 23.1 Å². The van der Waals surface area contributed by atoms with Crippen molar-refractivity contribution in [2.45, 2.75) is 107 Å². The van der Waals surface area contributed by atoms with Gasteiger partial charge in [0.15, 0.2) is 5.78 Å². The van der Waals surface area contributed by atoms with Crippen molar-refractivity contribution >= 4 is 50.4 Å². The lowest BCUT2D eigenvalue weighted by Gasteiger charge is -2.41. The molecule has 0 radical (unpaired) electrons. The zero-order valence-corrected chi connectivity index (χ0v) is 32.3. The second kappa shape index (κ2) is 15.3. The Morgan fingerprint density at radius 1 is 1.15 bits per heavy atom. The van der Waals surface area contributed by atoms with Crippen LogP contribution in [0.2, 0.25) is 0 Å². The number of nitrogens with zero attached hydrogens (tertiary/aromatic N) is 3. The van der Waals surface area contributed by atoms with Crippen molar-refractivity contribution in [1.82, 2.24) is 24.8 Å². The highest BCUT2D eigenvalue weighted by Gasteiger charge is 2.62. The van der Waals surface area contributed by atoms with Crippen LogP contribution in [0, 0.1) is 11.8 Å². The topological polar surface area (TPSA) is 202 Å². The first kappa shape index (κ1) is 39.7. The van der Waals surface area contributed by atoms with Gasteiger partial charge in [-0.3, -0.25) is 28.8 Å². The summed E-state index contributed by atoms with van der Waals surface area (Å²) < 4.78 is 39.3. The number of methoxy groups -OCH3 is 1. The highest BCUT2D eigenvalue weighted by atomic mass is 32.2. The maximum atomic E-state index is 14.8. The van der Waals surface area contributed by atoms with Crippen LogP contribution in [0.4, 0.5) is 4.79 Å². The number of nitrogens with one attached hydrogen (secondary N) is 2. The average molecular weight is 780 g/mol. The smallest absolute Gasteiger partial charge is 0.408 e. The lowest BCUT2D eigenvalue weighted by Crippen LogP contribution is -2.61. The number of aromatic nitrogens is 1. The summed E-state index contributed by atoms with van der Waals surface area (Å²) in [4.78, 5) is 75.1. The number of sulfonamides is 1. The number of hydrogen-bond donors (Lipinski definition) is 3. The van der Waals surface area contributed by atoms with Crippen LogP contribution in [0.15, 0.2) is 55.3 Å². The number of pyridine rings is 1.